The average molecular weight is 265 g/mol. The Bertz CT molecular complexity index is 401. The van der Waals surface area contributed by atoms with Crippen LogP contribution in [0, 0.1) is 5.82 Å². The number of hydrogen-bond donors (Lipinski definition) is 1. The van der Waals surface area contributed by atoms with Gasteiger partial charge in [0, 0.05) is 29.7 Å². The zero-order valence-corrected chi connectivity index (χ0v) is 9.67. The summed E-state index contributed by atoms with van der Waals surface area (Å²) in [6, 6.07) is 3.10. The second-order valence-corrected chi connectivity index (χ2v) is 5.14. The molecule has 0 spiro atoms. The van der Waals surface area contributed by atoms with E-state index in [-0.39, 0.29) is 16.6 Å². The molecule has 1 nitrogen and oxygen atoms in total. The molecule has 0 saturated carbocycles. The lowest BCUT2D eigenvalue weighted by Crippen LogP contribution is -2.44. The molecule has 1 heterocycles. The van der Waals surface area contributed by atoms with Crippen molar-refractivity contribution in [2.75, 3.05) is 13.1 Å². The Hall–Kier alpha value is -0.750. The second-order valence-electron chi connectivity index (χ2n) is 3.85. The molecule has 0 unspecified atom stereocenters. The zero-order valence-electron chi connectivity index (χ0n) is 8.85. The van der Waals surface area contributed by atoms with E-state index in [1.807, 2.05) is 0 Å². The Labute approximate surface area is 101 Å². The number of rotatable bonds is 3. The van der Waals surface area contributed by atoms with Crippen LogP contribution in [-0.4, -0.2) is 18.3 Å². The van der Waals surface area contributed by atoms with E-state index in [1.165, 1.54) is 11.8 Å². The molecule has 0 aliphatic carbocycles. The molecule has 0 amide bonds. The number of alkyl halides is 3. The highest BCUT2D eigenvalue weighted by Crippen LogP contribution is 2.35. The molecular weight excluding hydrogens is 254 g/mol. The fourth-order valence-corrected chi connectivity index (χ4v) is 2.72. The molecule has 0 radical (unpaired) electrons. The molecule has 1 aromatic rings. The summed E-state index contributed by atoms with van der Waals surface area (Å²) in [6.45, 7) is 1.56. The summed E-state index contributed by atoms with van der Waals surface area (Å²) in [5.41, 5.74) is -1.10. The quantitative estimate of drug-likeness (QED) is 0.843. The van der Waals surface area contributed by atoms with Crippen molar-refractivity contribution in [3.63, 3.8) is 0 Å². The maximum absolute atomic E-state index is 13.4. The predicted molar refractivity (Wildman–Crippen MR) is 59.4 cm³/mol. The summed E-state index contributed by atoms with van der Waals surface area (Å²) >= 11 is 1.36. The Morgan fingerprint density at radius 2 is 2.00 bits per heavy atom. The van der Waals surface area contributed by atoms with Crippen LogP contribution in [0.25, 0.3) is 0 Å². The minimum atomic E-state index is -4.49. The van der Waals surface area contributed by atoms with Crippen LogP contribution in [0.1, 0.15) is 11.1 Å². The third-order valence-electron chi connectivity index (χ3n) is 2.63. The van der Waals surface area contributed by atoms with E-state index in [0.29, 0.717) is 0 Å². The van der Waals surface area contributed by atoms with Gasteiger partial charge in [-0.1, -0.05) is 6.07 Å². The van der Waals surface area contributed by atoms with Crippen molar-refractivity contribution in [2.45, 2.75) is 17.2 Å². The molecule has 2 rings (SSSR count). The van der Waals surface area contributed by atoms with E-state index in [1.54, 1.807) is 0 Å². The number of hydrogen-bond acceptors (Lipinski definition) is 2. The van der Waals surface area contributed by atoms with Gasteiger partial charge in [-0.3, -0.25) is 0 Å². The van der Waals surface area contributed by atoms with E-state index >= 15 is 0 Å². The Kier molecular flexibility index (Phi) is 3.63. The van der Waals surface area contributed by atoms with Gasteiger partial charge >= 0.3 is 6.18 Å². The molecule has 0 atom stereocenters. The molecule has 0 aromatic heterocycles. The van der Waals surface area contributed by atoms with Gasteiger partial charge in [-0.2, -0.15) is 24.9 Å². The lowest BCUT2D eigenvalue weighted by molar-refractivity contribution is -0.138. The molecule has 1 saturated heterocycles. The largest absolute Gasteiger partial charge is 0.416 e. The van der Waals surface area contributed by atoms with Crippen LogP contribution < -0.4 is 5.32 Å². The maximum atomic E-state index is 13.4. The van der Waals surface area contributed by atoms with E-state index < -0.39 is 17.6 Å². The lowest BCUT2D eigenvalue weighted by Gasteiger charge is -2.26. The van der Waals surface area contributed by atoms with Crippen LogP contribution in [0.15, 0.2) is 18.2 Å². The van der Waals surface area contributed by atoms with Crippen molar-refractivity contribution >= 4 is 11.8 Å². The summed E-state index contributed by atoms with van der Waals surface area (Å²) in [6.07, 6.45) is -4.49. The molecule has 1 aromatic carbocycles. The average Bonchev–Trinajstić information content (AvgIpc) is 2.16. The first-order valence-corrected chi connectivity index (χ1v) is 6.20. The van der Waals surface area contributed by atoms with Gasteiger partial charge < -0.3 is 5.32 Å². The lowest BCUT2D eigenvalue weighted by atomic mass is 10.1. The minimum Gasteiger partial charge on any atom is -0.314 e. The first-order chi connectivity index (χ1) is 7.98. The third kappa shape index (κ3) is 2.93. The van der Waals surface area contributed by atoms with E-state index in [2.05, 4.69) is 5.32 Å². The van der Waals surface area contributed by atoms with Crippen molar-refractivity contribution in [3.05, 3.63) is 35.1 Å². The summed E-state index contributed by atoms with van der Waals surface area (Å²) < 4.78 is 51.4. The zero-order chi connectivity index (χ0) is 12.5. The highest BCUT2D eigenvalue weighted by Gasteiger charge is 2.34. The highest BCUT2D eigenvalue weighted by atomic mass is 32.2. The van der Waals surface area contributed by atoms with Gasteiger partial charge in [0.25, 0.3) is 0 Å². The van der Waals surface area contributed by atoms with Gasteiger partial charge in [-0.25, -0.2) is 4.39 Å². The predicted octanol–water partition coefficient (Wildman–Crippen LogP) is 3.05. The van der Waals surface area contributed by atoms with Gasteiger partial charge in [-0.15, -0.1) is 0 Å². The standard InChI is InChI=1S/C11H11F4NS/c12-10-3-1-2-9(11(13,14)15)8(10)6-17-7-4-16-5-7/h1-3,7,16H,4-6H2. The van der Waals surface area contributed by atoms with Crippen molar-refractivity contribution < 1.29 is 17.6 Å². The van der Waals surface area contributed by atoms with E-state index in [0.717, 1.165) is 31.3 Å². The Balaban J connectivity index is 2.17. The summed E-state index contributed by atoms with van der Waals surface area (Å²) in [4.78, 5) is 0. The van der Waals surface area contributed by atoms with Gasteiger partial charge in [0.2, 0.25) is 0 Å². The molecule has 1 N–H and O–H groups in total. The molecule has 17 heavy (non-hydrogen) atoms. The van der Waals surface area contributed by atoms with Gasteiger partial charge in [-0.05, 0) is 12.1 Å². The minimum absolute atomic E-state index is 0.0634. The molecule has 6 heteroatoms. The summed E-state index contributed by atoms with van der Waals surface area (Å²) in [5.74, 6) is -0.715. The van der Waals surface area contributed by atoms with Gasteiger partial charge in [0.15, 0.2) is 0 Å². The van der Waals surface area contributed by atoms with Gasteiger partial charge in [0.05, 0.1) is 5.56 Å². The fourth-order valence-electron chi connectivity index (χ4n) is 1.55. The summed E-state index contributed by atoms with van der Waals surface area (Å²) in [5, 5.41) is 3.31. The highest BCUT2D eigenvalue weighted by molar-refractivity contribution is 7.99. The number of benzene rings is 1. The molecule has 1 fully saturated rings. The van der Waals surface area contributed by atoms with Crippen LogP contribution in [0.5, 0.6) is 0 Å². The van der Waals surface area contributed by atoms with Crippen LogP contribution in [0.3, 0.4) is 0 Å². The van der Waals surface area contributed by atoms with Crippen molar-refractivity contribution in [2.24, 2.45) is 0 Å². The Morgan fingerprint density at radius 3 is 2.53 bits per heavy atom. The summed E-state index contributed by atoms with van der Waals surface area (Å²) in [7, 11) is 0. The van der Waals surface area contributed by atoms with E-state index in [9.17, 15) is 17.6 Å². The van der Waals surface area contributed by atoms with Crippen molar-refractivity contribution in [1.82, 2.24) is 5.32 Å². The number of nitrogens with one attached hydrogen (secondary N) is 1. The second kappa shape index (κ2) is 4.86. The topological polar surface area (TPSA) is 12.0 Å². The monoisotopic (exact) mass is 265 g/mol. The van der Waals surface area contributed by atoms with Gasteiger partial charge in [0.1, 0.15) is 5.82 Å². The smallest absolute Gasteiger partial charge is 0.314 e. The molecule has 1 aliphatic heterocycles. The SMILES string of the molecule is Fc1cccc(C(F)(F)F)c1CSC1CNC1. The Morgan fingerprint density at radius 1 is 1.29 bits per heavy atom. The fraction of sp³-hybridized carbons (Fsp3) is 0.455. The molecule has 1 aliphatic rings. The first-order valence-electron chi connectivity index (χ1n) is 5.15. The first kappa shape index (κ1) is 12.7. The van der Waals surface area contributed by atoms with Crippen molar-refractivity contribution in [1.29, 1.82) is 0 Å². The third-order valence-corrected chi connectivity index (χ3v) is 3.89. The van der Waals surface area contributed by atoms with Crippen LogP contribution in [0.4, 0.5) is 17.6 Å². The van der Waals surface area contributed by atoms with Crippen LogP contribution in [-0.2, 0) is 11.9 Å². The normalized spacial score (nSPS) is 16.9. The maximum Gasteiger partial charge on any atom is 0.416 e. The van der Waals surface area contributed by atoms with Crippen molar-refractivity contribution in [3.8, 4) is 0 Å². The van der Waals surface area contributed by atoms with E-state index in [4.69, 9.17) is 0 Å². The number of thioether (sulfide) groups is 1. The number of halogens is 4. The molecule has 94 valence electrons. The van der Waals surface area contributed by atoms with Crippen LogP contribution >= 0.6 is 11.8 Å². The van der Waals surface area contributed by atoms with Crippen LogP contribution in [0.2, 0.25) is 0 Å². The molecular formula is C11H11F4NS. The molecule has 0 bridgehead atoms.